The van der Waals surface area contributed by atoms with Crippen LogP contribution in [-0.4, -0.2) is 73.5 Å². The molecule has 0 aromatic heterocycles. The highest BCUT2D eigenvalue weighted by Gasteiger charge is 2.23. The molecule has 160 valence electrons. The predicted molar refractivity (Wildman–Crippen MR) is 115 cm³/mol. The van der Waals surface area contributed by atoms with Gasteiger partial charge in [0.05, 0.1) is 12.6 Å². The maximum absolute atomic E-state index is 12.2. The summed E-state index contributed by atoms with van der Waals surface area (Å²) in [4.78, 5) is 28.1. The van der Waals surface area contributed by atoms with Crippen molar-refractivity contribution in [1.82, 2.24) is 15.1 Å². The summed E-state index contributed by atoms with van der Waals surface area (Å²) in [6, 6.07) is 9.16. The summed E-state index contributed by atoms with van der Waals surface area (Å²) >= 11 is 0. The number of hydrogen-bond acceptors (Lipinski definition) is 5. The van der Waals surface area contributed by atoms with Crippen molar-refractivity contribution in [1.29, 1.82) is 0 Å². The average Bonchev–Trinajstić information content (AvgIpc) is 2.66. The first kappa shape index (κ1) is 26.5. The molecule has 1 atom stereocenters. The smallest absolute Gasteiger partial charge is 0.242 e. The van der Waals surface area contributed by atoms with E-state index in [0.717, 1.165) is 25.4 Å². The number of para-hydroxylation sites is 1. The molecule has 1 aromatic carbocycles. The van der Waals surface area contributed by atoms with Crippen molar-refractivity contribution < 1.29 is 14.3 Å². The Hall–Kier alpha value is -1.54. The lowest BCUT2D eigenvalue weighted by Crippen LogP contribution is -2.53. The van der Waals surface area contributed by atoms with E-state index >= 15 is 0 Å². The summed E-state index contributed by atoms with van der Waals surface area (Å²) < 4.78 is 5.71. The molecule has 28 heavy (non-hydrogen) atoms. The van der Waals surface area contributed by atoms with Crippen molar-refractivity contribution in [3.63, 3.8) is 0 Å². The summed E-state index contributed by atoms with van der Waals surface area (Å²) in [6.07, 6.45) is 0. The number of hydrogen-bond donors (Lipinski definition) is 2. The van der Waals surface area contributed by atoms with Crippen molar-refractivity contribution in [3.8, 4) is 5.75 Å². The standard InChI is InChI=1S/C19H30N4O3.2ClH/c1-15(2)18(20)19(25)21-14-17(24)23-10-8-22(9-11-23)12-13-26-16-6-4-3-5-7-16;;/h3-7,15,18H,8-14,20H2,1-2H3,(H,21,25);2*1H/t18-;;/m0../s1. The van der Waals surface area contributed by atoms with Gasteiger partial charge in [-0.2, -0.15) is 0 Å². The summed E-state index contributed by atoms with van der Waals surface area (Å²) in [6.45, 7) is 8.17. The second-order valence-electron chi connectivity index (χ2n) is 6.87. The summed E-state index contributed by atoms with van der Waals surface area (Å²) in [5.74, 6) is 0.586. The van der Waals surface area contributed by atoms with Crippen LogP contribution in [0.4, 0.5) is 0 Å². The molecule has 1 aliphatic heterocycles. The number of nitrogens with zero attached hydrogens (tertiary/aromatic N) is 2. The van der Waals surface area contributed by atoms with Crippen molar-refractivity contribution >= 4 is 36.6 Å². The van der Waals surface area contributed by atoms with Gasteiger partial charge in [-0.1, -0.05) is 32.0 Å². The normalized spacial score (nSPS) is 15.2. The van der Waals surface area contributed by atoms with Gasteiger partial charge in [-0.15, -0.1) is 24.8 Å². The van der Waals surface area contributed by atoms with Gasteiger partial charge in [0, 0.05) is 32.7 Å². The zero-order valence-electron chi connectivity index (χ0n) is 16.5. The minimum atomic E-state index is -0.579. The van der Waals surface area contributed by atoms with E-state index < -0.39 is 6.04 Å². The summed E-state index contributed by atoms with van der Waals surface area (Å²) in [7, 11) is 0. The largest absolute Gasteiger partial charge is 0.492 e. The van der Waals surface area contributed by atoms with Crippen molar-refractivity contribution in [3.05, 3.63) is 30.3 Å². The highest BCUT2D eigenvalue weighted by Crippen LogP contribution is 2.08. The van der Waals surface area contributed by atoms with E-state index in [1.165, 1.54) is 0 Å². The van der Waals surface area contributed by atoms with Gasteiger partial charge in [0.1, 0.15) is 12.4 Å². The van der Waals surface area contributed by atoms with E-state index in [4.69, 9.17) is 10.5 Å². The first-order valence-electron chi connectivity index (χ1n) is 9.18. The Kier molecular flexibility index (Phi) is 12.9. The van der Waals surface area contributed by atoms with Gasteiger partial charge in [0.2, 0.25) is 11.8 Å². The van der Waals surface area contributed by atoms with Gasteiger partial charge in [-0.05, 0) is 18.1 Å². The van der Waals surface area contributed by atoms with Gasteiger partial charge in [-0.25, -0.2) is 0 Å². The third-order valence-corrected chi connectivity index (χ3v) is 4.58. The van der Waals surface area contributed by atoms with E-state index in [0.29, 0.717) is 19.7 Å². The molecular weight excluding hydrogens is 403 g/mol. The molecule has 2 rings (SSSR count). The van der Waals surface area contributed by atoms with Gasteiger partial charge < -0.3 is 20.7 Å². The predicted octanol–water partition coefficient (Wildman–Crippen LogP) is 1.15. The molecule has 0 radical (unpaired) electrons. The number of amides is 2. The van der Waals surface area contributed by atoms with Gasteiger partial charge in [0.15, 0.2) is 0 Å². The Balaban J connectivity index is 0.00000364. The molecule has 0 bridgehead atoms. The van der Waals surface area contributed by atoms with Crippen LogP contribution in [0.3, 0.4) is 0 Å². The molecule has 2 amide bonds. The lowest BCUT2D eigenvalue weighted by Gasteiger charge is -2.34. The number of rotatable bonds is 8. The Morgan fingerprint density at radius 1 is 1.11 bits per heavy atom. The van der Waals surface area contributed by atoms with Crippen LogP contribution in [0.2, 0.25) is 0 Å². The van der Waals surface area contributed by atoms with Crippen molar-refractivity contribution in [2.45, 2.75) is 19.9 Å². The van der Waals surface area contributed by atoms with E-state index in [9.17, 15) is 9.59 Å². The fourth-order valence-electron chi connectivity index (χ4n) is 2.73. The summed E-state index contributed by atoms with van der Waals surface area (Å²) in [5, 5.41) is 2.64. The third-order valence-electron chi connectivity index (χ3n) is 4.58. The SMILES string of the molecule is CC(C)[C@H](N)C(=O)NCC(=O)N1CCN(CCOc2ccccc2)CC1.Cl.Cl. The minimum Gasteiger partial charge on any atom is -0.492 e. The maximum Gasteiger partial charge on any atom is 0.242 e. The lowest BCUT2D eigenvalue weighted by atomic mass is 10.1. The molecule has 0 aliphatic carbocycles. The van der Waals surface area contributed by atoms with E-state index in [2.05, 4.69) is 10.2 Å². The van der Waals surface area contributed by atoms with E-state index in [1.54, 1.807) is 4.90 Å². The molecule has 1 saturated heterocycles. The van der Waals surface area contributed by atoms with E-state index in [-0.39, 0.29) is 49.1 Å². The monoisotopic (exact) mass is 434 g/mol. The molecule has 1 aliphatic rings. The molecule has 3 N–H and O–H groups in total. The van der Waals surface area contributed by atoms with Crippen LogP contribution in [0.1, 0.15) is 13.8 Å². The second kappa shape index (κ2) is 13.6. The number of nitrogens with two attached hydrogens (primary N) is 1. The highest BCUT2D eigenvalue weighted by atomic mass is 35.5. The molecule has 7 nitrogen and oxygen atoms in total. The number of benzene rings is 1. The van der Waals surface area contributed by atoms with Gasteiger partial charge >= 0.3 is 0 Å². The molecule has 0 unspecified atom stereocenters. The number of carbonyl (C=O) groups is 2. The van der Waals surface area contributed by atoms with Gasteiger partial charge in [-0.3, -0.25) is 14.5 Å². The Labute approximate surface area is 179 Å². The Morgan fingerprint density at radius 2 is 1.71 bits per heavy atom. The third kappa shape index (κ3) is 8.65. The number of ether oxygens (including phenoxy) is 1. The van der Waals surface area contributed by atoms with Crippen LogP contribution in [0, 0.1) is 5.92 Å². The van der Waals surface area contributed by atoms with Crippen molar-refractivity contribution in [2.24, 2.45) is 11.7 Å². The average molecular weight is 435 g/mol. The molecular formula is C19H32Cl2N4O3. The summed E-state index contributed by atoms with van der Waals surface area (Å²) in [5.41, 5.74) is 5.78. The van der Waals surface area contributed by atoms with Crippen LogP contribution in [0.25, 0.3) is 0 Å². The molecule has 1 heterocycles. The zero-order chi connectivity index (χ0) is 18.9. The van der Waals surface area contributed by atoms with Crippen molar-refractivity contribution in [2.75, 3.05) is 45.9 Å². The first-order valence-corrected chi connectivity index (χ1v) is 9.18. The first-order chi connectivity index (χ1) is 12.5. The van der Waals surface area contributed by atoms with Crippen LogP contribution in [0.15, 0.2) is 30.3 Å². The second-order valence-corrected chi connectivity index (χ2v) is 6.87. The van der Waals surface area contributed by atoms with Crippen LogP contribution in [0.5, 0.6) is 5.75 Å². The minimum absolute atomic E-state index is 0. The van der Waals surface area contributed by atoms with Crippen LogP contribution < -0.4 is 15.8 Å². The molecule has 1 fully saturated rings. The molecule has 0 spiro atoms. The number of piperazine rings is 1. The molecule has 0 saturated carbocycles. The number of carbonyl (C=O) groups excluding carboxylic acids is 2. The van der Waals surface area contributed by atoms with Crippen LogP contribution >= 0.6 is 24.8 Å². The lowest BCUT2D eigenvalue weighted by molar-refractivity contribution is -0.134. The molecule has 1 aromatic rings. The van der Waals surface area contributed by atoms with E-state index in [1.807, 2.05) is 44.2 Å². The van der Waals surface area contributed by atoms with Crippen LogP contribution in [-0.2, 0) is 9.59 Å². The Morgan fingerprint density at radius 3 is 2.29 bits per heavy atom. The zero-order valence-corrected chi connectivity index (χ0v) is 18.1. The number of halogens is 2. The highest BCUT2D eigenvalue weighted by molar-refractivity contribution is 5.87. The maximum atomic E-state index is 12.2. The Bertz CT molecular complexity index is 582. The fourth-order valence-corrected chi connectivity index (χ4v) is 2.73. The van der Waals surface area contributed by atoms with Gasteiger partial charge in [0.25, 0.3) is 0 Å². The topological polar surface area (TPSA) is 87.9 Å². The quantitative estimate of drug-likeness (QED) is 0.640. The molecule has 9 heteroatoms. The number of nitrogens with one attached hydrogen (secondary N) is 1. The fraction of sp³-hybridized carbons (Fsp3) is 0.579.